The molecule has 0 unspecified atom stereocenters. The minimum Gasteiger partial charge on any atom is -0.508 e. The van der Waals surface area contributed by atoms with Crippen LogP contribution < -0.4 is 10.6 Å². The number of urea groups is 1. The maximum absolute atomic E-state index is 11.7. The van der Waals surface area contributed by atoms with Crippen LogP contribution in [0, 0.1) is 6.92 Å². The maximum Gasteiger partial charge on any atom is 0.319 e. The number of aryl methyl sites for hydroxylation is 1. The van der Waals surface area contributed by atoms with Crippen molar-refractivity contribution in [3.63, 3.8) is 0 Å². The van der Waals surface area contributed by atoms with E-state index in [1.54, 1.807) is 18.2 Å². The van der Waals surface area contributed by atoms with Crippen molar-refractivity contribution < 1.29 is 9.90 Å². The summed E-state index contributed by atoms with van der Waals surface area (Å²) in [5.41, 5.74) is 2.98. The van der Waals surface area contributed by atoms with E-state index >= 15 is 0 Å². The number of anilines is 1. The largest absolute Gasteiger partial charge is 0.508 e. The van der Waals surface area contributed by atoms with Crippen molar-refractivity contribution in [3.8, 4) is 5.75 Å². The standard InChI is InChI=1S/C16H18N2O2/c1-12-4-2-5-13(10-12)8-9-17-16(20)18-14-6-3-7-15(19)11-14/h2-7,10-11,19H,8-9H2,1H3,(H2,17,18,20). The second-order valence-corrected chi connectivity index (χ2v) is 4.67. The Labute approximate surface area is 118 Å². The van der Waals surface area contributed by atoms with Crippen molar-refractivity contribution >= 4 is 11.7 Å². The first-order chi connectivity index (χ1) is 9.63. The van der Waals surface area contributed by atoms with Crippen LogP contribution in [0.15, 0.2) is 48.5 Å². The van der Waals surface area contributed by atoms with Crippen LogP contribution >= 0.6 is 0 Å². The van der Waals surface area contributed by atoms with E-state index in [0.29, 0.717) is 12.2 Å². The van der Waals surface area contributed by atoms with Gasteiger partial charge in [-0.2, -0.15) is 0 Å². The molecule has 0 aromatic heterocycles. The first-order valence-corrected chi connectivity index (χ1v) is 6.53. The SMILES string of the molecule is Cc1cccc(CCNC(=O)Nc2cccc(O)c2)c1. The summed E-state index contributed by atoms with van der Waals surface area (Å²) in [4.78, 5) is 11.7. The highest BCUT2D eigenvalue weighted by molar-refractivity contribution is 5.89. The van der Waals surface area contributed by atoms with E-state index in [4.69, 9.17) is 0 Å². The van der Waals surface area contributed by atoms with E-state index in [2.05, 4.69) is 16.7 Å². The molecular formula is C16H18N2O2. The number of phenols is 1. The molecule has 4 nitrogen and oxygen atoms in total. The number of rotatable bonds is 4. The van der Waals surface area contributed by atoms with E-state index in [1.165, 1.54) is 17.2 Å². The maximum atomic E-state index is 11.7. The lowest BCUT2D eigenvalue weighted by Crippen LogP contribution is -2.30. The summed E-state index contributed by atoms with van der Waals surface area (Å²) in [7, 11) is 0. The van der Waals surface area contributed by atoms with Gasteiger partial charge in [-0.25, -0.2) is 4.79 Å². The van der Waals surface area contributed by atoms with Gasteiger partial charge in [0, 0.05) is 18.3 Å². The van der Waals surface area contributed by atoms with Gasteiger partial charge in [0.2, 0.25) is 0 Å². The van der Waals surface area contributed by atoms with Gasteiger partial charge in [-0.1, -0.05) is 35.9 Å². The van der Waals surface area contributed by atoms with Crippen molar-refractivity contribution in [2.45, 2.75) is 13.3 Å². The molecule has 104 valence electrons. The van der Waals surface area contributed by atoms with Crippen molar-refractivity contribution in [3.05, 3.63) is 59.7 Å². The number of hydrogen-bond acceptors (Lipinski definition) is 2. The molecule has 20 heavy (non-hydrogen) atoms. The molecule has 2 amide bonds. The molecule has 0 aliphatic heterocycles. The molecule has 3 N–H and O–H groups in total. The molecule has 0 atom stereocenters. The van der Waals surface area contributed by atoms with Gasteiger partial charge in [-0.3, -0.25) is 0 Å². The van der Waals surface area contributed by atoms with Gasteiger partial charge in [0.1, 0.15) is 5.75 Å². The topological polar surface area (TPSA) is 61.4 Å². The van der Waals surface area contributed by atoms with Crippen molar-refractivity contribution in [2.75, 3.05) is 11.9 Å². The lowest BCUT2D eigenvalue weighted by Gasteiger charge is -2.08. The average molecular weight is 270 g/mol. The van der Waals surface area contributed by atoms with Gasteiger partial charge >= 0.3 is 6.03 Å². The van der Waals surface area contributed by atoms with Crippen LogP contribution in [0.4, 0.5) is 10.5 Å². The number of carbonyl (C=O) groups excluding carboxylic acids is 1. The van der Waals surface area contributed by atoms with E-state index in [9.17, 15) is 9.90 Å². The zero-order valence-corrected chi connectivity index (χ0v) is 11.4. The molecule has 0 spiro atoms. The lowest BCUT2D eigenvalue weighted by atomic mass is 10.1. The number of hydrogen-bond donors (Lipinski definition) is 3. The molecule has 0 fully saturated rings. The third-order valence-corrected chi connectivity index (χ3v) is 2.89. The molecule has 0 radical (unpaired) electrons. The van der Waals surface area contributed by atoms with Gasteiger partial charge in [0.25, 0.3) is 0 Å². The van der Waals surface area contributed by atoms with E-state index in [0.717, 1.165) is 6.42 Å². The monoisotopic (exact) mass is 270 g/mol. The molecule has 0 aliphatic carbocycles. The Kier molecular flexibility index (Phi) is 4.60. The van der Waals surface area contributed by atoms with E-state index in [-0.39, 0.29) is 11.8 Å². The Balaban J connectivity index is 1.78. The summed E-state index contributed by atoms with van der Waals surface area (Å²) in [6, 6.07) is 14.4. The smallest absolute Gasteiger partial charge is 0.319 e. The molecule has 0 bridgehead atoms. The highest BCUT2D eigenvalue weighted by Gasteiger charge is 2.02. The predicted octanol–water partition coefficient (Wildman–Crippen LogP) is 3.06. The van der Waals surface area contributed by atoms with Crippen molar-refractivity contribution in [2.24, 2.45) is 0 Å². The Bertz CT molecular complexity index is 597. The molecule has 0 aliphatic rings. The fraction of sp³-hybridized carbons (Fsp3) is 0.188. The molecule has 4 heteroatoms. The third kappa shape index (κ3) is 4.31. The molecule has 0 heterocycles. The highest BCUT2D eigenvalue weighted by atomic mass is 16.3. The van der Waals surface area contributed by atoms with Crippen LogP contribution in [0.5, 0.6) is 5.75 Å². The average Bonchev–Trinajstić information content (AvgIpc) is 2.38. The molecule has 2 rings (SSSR count). The van der Waals surface area contributed by atoms with Gasteiger partial charge in [0.05, 0.1) is 0 Å². The van der Waals surface area contributed by atoms with E-state index in [1.807, 2.05) is 25.1 Å². The number of amides is 2. The molecule has 2 aromatic rings. The van der Waals surface area contributed by atoms with Gasteiger partial charge in [-0.05, 0) is 31.0 Å². The summed E-state index contributed by atoms with van der Waals surface area (Å²) in [6.07, 6.45) is 0.787. The van der Waals surface area contributed by atoms with Crippen LogP contribution in [0.3, 0.4) is 0 Å². The van der Waals surface area contributed by atoms with Crippen LogP contribution in [-0.4, -0.2) is 17.7 Å². The van der Waals surface area contributed by atoms with Crippen molar-refractivity contribution in [1.29, 1.82) is 0 Å². The second kappa shape index (κ2) is 6.61. The zero-order valence-electron chi connectivity index (χ0n) is 11.4. The van der Waals surface area contributed by atoms with E-state index < -0.39 is 0 Å². The summed E-state index contributed by atoms with van der Waals surface area (Å²) < 4.78 is 0. The molecule has 0 saturated heterocycles. The van der Waals surface area contributed by atoms with Crippen LogP contribution in [-0.2, 0) is 6.42 Å². The Hall–Kier alpha value is -2.49. The number of benzene rings is 2. The fourth-order valence-electron chi connectivity index (χ4n) is 1.95. The van der Waals surface area contributed by atoms with Gasteiger partial charge in [-0.15, -0.1) is 0 Å². The van der Waals surface area contributed by atoms with Crippen LogP contribution in [0.2, 0.25) is 0 Å². The second-order valence-electron chi connectivity index (χ2n) is 4.67. The molecule has 2 aromatic carbocycles. The fourth-order valence-corrected chi connectivity index (χ4v) is 1.95. The van der Waals surface area contributed by atoms with Gasteiger partial charge in [0.15, 0.2) is 0 Å². The first kappa shape index (κ1) is 13.9. The zero-order chi connectivity index (χ0) is 14.4. The number of carbonyl (C=O) groups is 1. The summed E-state index contributed by atoms with van der Waals surface area (Å²) in [5, 5.41) is 14.8. The van der Waals surface area contributed by atoms with Gasteiger partial charge < -0.3 is 15.7 Å². The van der Waals surface area contributed by atoms with Crippen LogP contribution in [0.1, 0.15) is 11.1 Å². The minimum atomic E-state index is -0.275. The Morgan fingerprint density at radius 3 is 2.70 bits per heavy atom. The Morgan fingerprint density at radius 1 is 1.15 bits per heavy atom. The van der Waals surface area contributed by atoms with Crippen LogP contribution in [0.25, 0.3) is 0 Å². The first-order valence-electron chi connectivity index (χ1n) is 6.53. The number of aromatic hydroxyl groups is 1. The summed E-state index contributed by atoms with van der Waals surface area (Å²) in [6.45, 7) is 2.61. The minimum absolute atomic E-state index is 0.127. The summed E-state index contributed by atoms with van der Waals surface area (Å²) >= 11 is 0. The normalized spacial score (nSPS) is 10.1. The predicted molar refractivity (Wildman–Crippen MR) is 80.0 cm³/mol. The molecular weight excluding hydrogens is 252 g/mol. The molecule has 0 saturated carbocycles. The van der Waals surface area contributed by atoms with Crippen molar-refractivity contribution in [1.82, 2.24) is 5.32 Å². The number of nitrogens with one attached hydrogen (secondary N) is 2. The highest BCUT2D eigenvalue weighted by Crippen LogP contribution is 2.14. The number of phenolic OH excluding ortho intramolecular Hbond substituents is 1. The Morgan fingerprint density at radius 2 is 1.95 bits per heavy atom. The third-order valence-electron chi connectivity index (χ3n) is 2.89. The lowest BCUT2D eigenvalue weighted by molar-refractivity contribution is 0.252. The summed E-state index contributed by atoms with van der Waals surface area (Å²) in [5.74, 6) is 0.127. The quantitative estimate of drug-likeness (QED) is 0.799.